The zero-order chi connectivity index (χ0) is 15.4. The number of aromatic nitrogens is 2. The van der Waals surface area contributed by atoms with Crippen LogP contribution in [0.25, 0.3) is 0 Å². The fourth-order valence-corrected chi connectivity index (χ4v) is 2.21. The van der Waals surface area contributed by atoms with Crippen molar-refractivity contribution in [1.29, 1.82) is 0 Å². The van der Waals surface area contributed by atoms with E-state index in [0.29, 0.717) is 24.8 Å². The molecular weight excluding hydrogens is 280 g/mol. The Morgan fingerprint density at radius 1 is 1.36 bits per heavy atom. The number of carbonyl (C=O) groups is 1. The Hall–Kier alpha value is -2.37. The Kier molecular flexibility index (Phi) is 4.37. The lowest BCUT2D eigenvalue weighted by atomic mass is 10.1. The maximum absolute atomic E-state index is 11.8. The first-order valence-electron chi connectivity index (χ1n) is 7.71. The van der Waals surface area contributed by atoms with Crippen molar-refractivity contribution in [3.8, 4) is 0 Å². The average molecular weight is 300 g/mol. The van der Waals surface area contributed by atoms with Crippen LogP contribution in [-0.2, 0) is 6.42 Å². The Labute approximate surface area is 129 Å². The van der Waals surface area contributed by atoms with Crippen molar-refractivity contribution in [3.63, 3.8) is 0 Å². The second-order valence-electron chi connectivity index (χ2n) is 5.54. The Morgan fingerprint density at radius 2 is 2.18 bits per heavy atom. The van der Waals surface area contributed by atoms with E-state index in [1.165, 1.54) is 0 Å². The van der Waals surface area contributed by atoms with E-state index in [-0.39, 0.29) is 6.03 Å². The van der Waals surface area contributed by atoms with Gasteiger partial charge in [0.25, 0.3) is 0 Å². The quantitative estimate of drug-likeness (QED) is 0.859. The first kappa shape index (κ1) is 14.6. The number of rotatable bonds is 6. The average Bonchev–Trinajstić information content (AvgIpc) is 3.27. The van der Waals surface area contributed by atoms with Gasteiger partial charge in [-0.1, -0.05) is 30.3 Å². The van der Waals surface area contributed by atoms with Crippen LogP contribution >= 0.6 is 0 Å². The van der Waals surface area contributed by atoms with Gasteiger partial charge in [-0.2, -0.15) is 4.98 Å². The lowest BCUT2D eigenvalue weighted by Crippen LogP contribution is -2.29. The lowest BCUT2D eigenvalue weighted by molar-refractivity contribution is 0.252. The summed E-state index contributed by atoms with van der Waals surface area (Å²) in [5.74, 6) is 1.87. The zero-order valence-electron chi connectivity index (χ0n) is 12.6. The maximum atomic E-state index is 11.8. The molecule has 0 saturated heterocycles. The largest absolute Gasteiger partial charge is 0.339 e. The molecule has 2 amide bonds. The molecule has 3 rings (SSSR count). The predicted octanol–water partition coefficient (Wildman–Crippen LogP) is 3.07. The summed E-state index contributed by atoms with van der Waals surface area (Å²) < 4.78 is 5.31. The van der Waals surface area contributed by atoms with E-state index in [4.69, 9.17) is 4.52 Å². The molecule has 1 fully saturated rings. The second-order valence-corrected chi connectivity index (χ2v) is 5.54. The molecule has 0 unspecified atom stereocenters. The summed E-state index contributed by atoms with van der Waals surface area (Å²) in [6.45, 7) is 2.67. The predicted molar refractivity (Wildman–Crippen MR) is 82.8 cm³/mol. The number of amides is 2. The third kappa shape index (κ3) is 3.63. The fraction of sp³-hybridized carbons (Fsp3) is 0.438. The molecule has 6 nitrogen and oxygen atoms in total. The first-order valence-corrected chi connectivity index (χ1v) is 7.71. The smallest absolute Gasteiger partial charge is 0.319 e. The SMILES string of the molecule is CCCNC(=O)Nc1ccccc1Cc1nc(C2CC2)no1. The van der Waals surface area contributed by atoms with Gasteiger partial charge < -0.3 is 15.2 Å². The molecule has 1 saturated carbocycles. The third-order valence-electron chi connectivity index (χ3n) is 3.57. The van der Waals surface area contributed by atoms with E-state index in [1.54, 1.807) is 0 Å². The van der Waals surface area contributed by atoms with E-state index in [0.717, 1.165) is 36.3 Å². The van der Waals surface area contributed by atoms with Gasteiger partial charge in [-0.05, 0) is 30.9 Å². The normalized spacial score (nSPS) is 13.9. The van der Waals surface area contributed by atoms with Crippen LogP contribution in [0.3, 0.4) is 0 Å². The van der Waals surface area contributed by atoms with Gasteiger partial charge in [0.15, 0.2) is 5.82 Å². The van der Waals surface area contributed by atoms with Gasteiger partial charge in [0.05, 0.1) is 6.42 Å². The third-order valence-corrected chi connectivity index (χ3v) is 3.57. The zero-order valence-corrected chi connectivity index (χ0v) is 12.6. The lowest BCUT2D eigenvalue weighted by Gasteiger charge is -2.10. The number of benzene rings is 1. The van der Waals surface area contributed by atoms with Gasteiger partial charge >= 0.3 is 6.03 Å². The van der Waals surface area contributed by atoms with Crippen molar-refractivity contribution in [1.82, 2.24) is 15.5 Å². The number of urea groups is 1. The van der Waals surface area contributed by atoms with Crippen LogP contribution in [0.15, 0.2) is 28.8 Å². The molecule has 1 aromatic carbocycles. The molecule has 0 aliphatic heterocycles. The number of hydrogen-bond acceptors (Lipinski definition) is 4. The van der Waals surface area contributed by atoms with E-state index in [2.05, 4.69) is 20.8 Å². The molecule has 1 aliphatic rings. The van der Waals surface area contributed by atoms with Gasteiger partial charge in [-0.15, -0.1) is 0 Å². The van der Waals surface area contributed by atoms with E-state index < -0.39 is 0 Å². The van der Waals surface area contributed by atoms with Crippen LogP contribution in [0, 0.1) is 0 Å². The number of hydrogen-bond donors (Lipinski definition) is 2. The second kappa shape index (κ2) is 6.60. The standard InChI is InChI=1S/C16H20N4O2/c1-2-9-17-16(21)18-13-6-4-3-5-12(13)10-14-19-15(20-22-14)11-7-8-11/h3-6,11H,2,7-10H2,1H3,(H2,17,18,21). The molecule has 2 aromatic rings. The highest BCUT2D eigenvalue weighted by Crippen LogP contribution is 2.38. The number of nitrogens with one attached hydrogen (secondary N) is 2. The number of anilines is 1. The molecule has 2 N–H and O–H groups in total. The first-order chi connectivity index (χ1) is 10.8. The maximum Gasteiger partial charge on any atom is 0.319 e. The molecule has 1 heterocycles. The Balaban J connectivity index is 1.68. The van der Waals surface area contributed by atoms with E-state index >= 15 is 0 Å². The van der Waals surface area contributed by atoms with E-state index in [1.807, 2.05) is 31.2 Å². The summed E-state index contributed by atoms with van der Waals surface area (Å²) in [6, 6.07) is 7.46. The van der Waals surface area contributed by atoms with Gasteiger partial charge in [0.1, 0.15) is 0 Å². The highest BCUT2D eigenvalue weighted by atomic mass is 16.5. The number of nitrogens with zero attached hydrogens (tertiary/aromatic N) is 2. The highest BCUT2D eigenvalue weighted by molar-refractivity contribution is 5.90. The van der Waals surface area contributed by atoms with Crippen LogP contribution in [0.2, 0.25) is 0 Å². The van der Waals surface area contributed by atoms with Crippen LogP contribution in [0.5, 0.6) is 0 Å². The molecular formula is C16H20N4O2. The summed E-state index contributed by atoms with van der Waals surface area (Å²) in [6.07, 6.45) is 3.72. The molecule has 1 aliphatic carbocycles. The molecule has 1 aromatic heterocycles. The molecule has 116 valence electrons. The molecule has 0 radical (unpaired) electrons. The van der Waals surface area contributed by atoms with Crippen molar-refractivity contribution in [2.24, 2.45) is 0 Å². The number of para-hydroxylation sites is 1. The molecule has 6 heteroatoms. The van der Waals surface area contributed by atoms with E-state index in [9.17, 15) is 4.79 Å². The number of carbonyl (C=O) groups excluding carboxylic acids is 1. The summed E-state index contributed by atoms with van der Waals surface area (Å²) >= 11 is 0. The van der Waals surface area contributed by atoms with Crippen molar-refractivity contribution in [3.05, 3.63) is 41.5 Å². The molecule has 0 spiro atoms. The summed E-state index contributed by atoms with van der Waals surface area (Å²) in [5.41, 5.74) is 1.72. The fourth-order valence-electron chi connectivity index (χ4n) is 2.21. The van der Waals surface area contributed by atoms with Crippen LogP contribution in [0.1, 0.15) is 49.4 Å². The van der Waals surface area contributed by atoms with Crippen molar-refractivity contribution < 1.29 is 9.32 Å². The minimum atomic E-state index is -0.196. The van der Waals surface area contributed by atoms with Crippen LogP contribution in [-0.4, -0.2) is 22.7 Å². The highest BCUT2D eigenvalue weighted by Gasteiger charge is 2.28. The minimum absolute atomic E-state index is 0.196. The Bertz CT molecular complexity index is 649. The topological polar surface area (TPSA) is 80.0 Å². The van der Waals surface area contributed by atoms with Gasteiger partial charge in [0.2, 0.25) is 5.89 Å². The van der Waals surface area contributed by atoms with Gasteiger partial charge in [-0.25, -0.2) is 4.79 Å². The van der Waals surface area contributed by atoms with Crippen molar-refractivity contribution in [2.75, 3.05) is 11.9 Å². The van der Waals surface area contributed by atoms with Crippen LogP contribution < -0.4 is 10.6 Å². The van der Waals surface area contributed by atoms with Gasteiger partial charge in [-0.3, -0.25) is 0 Å². The minimum Gasteiger partial charge on any atom is -0.339 e. The molecule has 22 heavy (non-hydrogen) atoms. The summed E-state index contributed by atoms with van der Waals surface area (Å²) in [5, 5.41) is 9.69. The monoisotopic (exact) mass is 300 g/mol. The van der Waals surface area contributed by atoms with Gasteiger partial charge in [0, 0.05) is 18.2 Å². The van der Waals surface area contributed by atoms with Crippen LogP contribution in [0.4, 0.5) is 10.5 Å². The molecule has 0 bridgehead atoms. The summed E-state index contributed by atoms with van der Waals surface area (Å²) in [4.78, 5) is 16.2. The van der Waals surface area contributed by atoms with Crippen molar-refractivity contribution in [2.45, 2.75) is 38.5 Å². The van der Waals surface area contributed by atoms with Crippen molar-refractivity contribution >= 4 is 11.7 Å². The molecule has 0 atom stereocenters. The Morgan fingerprint density at radius 3 is 2.95 bits per heavy atom. The summed E-state index contributed by atoms with van der Waals surface area (Å²) in [7, 11) is 0.